The molecule has 13 heteroatoms. The summed E-state index contributed by atoms with van der Waals surface area (Å²) < 4.78 is 76.3. The third-order valence-electron chi connectivity index (χ3n) is 5.14. The van der Waals surface area contributed by atoms with Crippen molar-refractivity contribution in [1.29, 1.82) is 0 Å². The minimum absolute atomic E-state index is 0.0252. The van der Waals surface area contributed by atoms with E-state index in [2.05, 4.69) is 10.3 Å². The monoisotopic (exact) mass is 519 g/mol. The first kappa shape index (κ1) is 25.4. The molecule has 1 aliphatic carbocycles. The summed E-state index contributed by atoms with van der Waals surface area (Å²) >= 11 is 0.909. The van der Waals surface area contributed by atoms with Crippen LogP contribution in [0.25, 0.3) is 5.57 Å². The minimum atomic E-state index is -3.79. The van der Waals surface area contributed by atoms with E-state index < -0.39 is 44.0 Å². The number of anilines is 1. The number of nitrogens with zero attached hydrogens (tertiary/aromatic N) is 2. The number of benzene rings is 1. The quantitative estimate of drug-likeness (QED) is 0.563. The van der Waals surface area contributed by atoms with Gasteiger partial charge in [-0.15, -0.1) is 11.3 Å². The molecular weight excluding hydrogens is 496 g/mol. The van der Waals surface area contributed by atoms with Crippen LogP contribution in [0.4, 0.5) is 13.9 Å². The average Bonchev–Trinajstić information content (AvgIpc) is 3.32. The number of nitrogens with one attached hydrogen (secondary N) is 1. The Bertz CT molecular complexity index is 1260. The largest absolute Gasteiger partial charge is 0.298 e. The number of carbonyl (C=O) groups excluding carboxylic acids is 1. The molecule has 180 valence electrons. The Hall–Kier alpha value is -2.22. The van der Waals surface area contributed by atoms with Crippen LogP contribution in [0, 0.1) is 5.92 Å². The van der Waals surface area contributed by atoms with Crippen LogP contribution in [0.5, 0.6) is 0 Å². The molecule has 1 aromatic heterocycles. The first-order chi connectivity index (χ1) is 15.3. The molecule has 2 aromatic rings. The van der Waals surface area contributed by atoms with Crippen molar-refractivity contribution in [1.82, 2.24) is 9.29 Å². The molecule has 1 fully saturated rings. The second-order valence-corrected chi connectivity index (χ2v) is 12.8. The molecule has 1 N–H and O–H groups in total. The van der Waals surface area contributed by atoms with Crippen LogP contribution < -0.4 is 5.32 Å². The van der Waals surface area contributed by atoms with Crippen molar-refractivity contribution in [2.24, 2.45) is 5.92 Å². The number of hydrogen-bond acceptors (Lipinski definition) is 7. The Morgan fingerprint density at radius 3 is 2.21 bits per heavy atom. The maximum atomic E-state index is 13.7. The van der Waals surface area contributed by atoms with E-state index in [0.29, 0.717) is 5.56 Å². The molecule has 1 aliphatic rings. The maximum absolute atomic E-state index is 13.7. The van der Waals surface area contributed by atoms with Gasteiger partial charge in [0.05, 0.1) is 4.90 Å². The SMILES string of the molecule is CN(C)S(=O)(=O)c1csc(NC(=O)/C(=C/C2C[C@@H](F)[C@@H](F)C2)c2ccc(S(C)(=O)=O)cc2)n1. The van der Waals surface area contributed by atoms with E-state index in [1.54, 1.807) is 0 Å². The van der Waals surface area contributed by atoms with E-state index in [4.69, 9.17) is 0 Å². The molecule has 1 unspecified atom stereocenters. The average molecular weight is 520 g/mol. The lowest BCUT2D eigenvalue weighted by molar-refractivity contribution is -0.111. The van der Waals surface area contributed by atoms with Crippen LogP contribution in [-0.4, -0.2) is 64.7 Å². The molecule has 3 rings (SSSR count). The zero-order chi connectivity index (χ0) is 24.6. The molecule has 8 nitrogen and oxygen atoms in total. The van der Waals surface area contributed by atoms with Gasteiger partial charge in [0.25, 0.3) is 15.9 Å². The Balaban J connectivity index is 1.93. The molecule has 0 spiro atoms. The maximum Gasteiger partial charge on any atom is 0.260 e. The van der Waals surface area contributed by atoms with Crippen molar-refractivity contribution < 1.29 is 30.4 Å². The fraction of sp³-hybridized carbons (Fsp3) is 0.400. The first-order valence-corrected chi connectivity index (χ1v) is 14.0. The zero-order valence-corrected chi connectivity index (χ0v) is 20.5. The smallest absolute Gasteiger partial charge is 0.260 e. The summed E-state index contributed by atoms with van der Waals surface area (Å²) in [5.74, 6) is -1.20. The first-order valence-electron chi connectivity index (χ1n) is 9.79. The van der Waals surface area contributed by atoms with Gasteiger partial charge >= 0.3 is 0 Å². The summed E-state index contributed by atoms with van der Waals surface area (Å²) in [5, 5.41) is 3.61. The van der Waals surface area contributed by atoms with Crippen LogP contribution in [-0.2, 0) is 24.7 Å². The molecule has 33 heavy (non-hydrogen) atoms. The number of aromatic nitrogens is 1. The predicted molar refractivity (Wildman–Crippen MR) is 122 cm³/mol. The summed E-state index contributed by atoms with van der Waals surface area (Å²) in [5.41, 5.74) is 0.420. The molecule has 0 saturated heterocycles. The molecule has 1 saturated carbocycles. The number of carbonyl (C=O) groups is 1. The van der Waals surface area contributed by atoms with Gasteiger partial charge in [-0.05, 0) is 36.5 Å². The van der Waals surface area contributed by atoms with Crippen LogP contribution in [0.3, 0.4) is 0 Å². The normalized spacial score (nSPS) is 22.0. The van der Waals surface area contributed by atoms with Crippen molar-refractivity contribution in [3.63, 3.8) is 0 Å². The molecule has 1 aromatic carbocycles. The van der Waals surface area contributed by atoms with Crippen molar-refractivity contribution in [3.05, 3.63) is 41.3 Å². The summed E-state index contributed by atoms with van der Waals surface area (Å²) in [4.78, 5) is 17.1. The highest BCUT2D eigenvalue weighted by atomic mass is 32.2. The van der Waals surface area contributed by atoms with Gasteiger partial charge < -0.3 is 0 Å². The molecule has 3 atom stereocenters. The molecule has 1 amide bonds. The fourth-order valence-corrected chi connectivity index (χ4v) is 5.78. The highest BCUT2D eigenvalue weighted by Gasteiger charge is 2.34. The molecule has 0 bridgehead atoms. The van der Waals surface area contributed by atoms with E-state index >= 15 is 0 Å². The molecule has 0 aliphatic heterocycles. The number of halogens is 2. The van der Waals surface area contributed by atoms with Gasteiger partial charge in [-0.3, -0.25) is 10.1 Å². The lowest BCUT2D eigenvalue weighted by Crippen LogP contribution is -2.22. The summed E-state index contributed by atoms with van der Waals surface area (Å²) in [6, 6.07) is 5.53. The second-order valence-electron chi connectivity index (χ2n) is 7.87. The Labute approximate surface area is 195 Å². The number of thiazole rings is 1. The van der Waals surface area contributed by atoms with E-state index in [1.165, 1.54) is 49.8 Å². The van der Waals surface area contributed by atoms with Gasteiger partial charge in [0.15, 0.2) is 20.0 Å². The summed E-state index contributed by atoms with van der Waals surface area (Å²) in [6.07, 6.45) is -0.901. The lowest BCUT2D eigenvalue weighted by Gasteiger charge is -2.11. The Morgan fingerprint density at radius 1 is 1.12 bits per heavy atom. The predicted octanol–water partition coefficient (Wildman–Crippen LogP) is 2.91. The number of amides is 1. The minimum Gasteiger partial charge on any atom is -0.298 e. The van der Waals surface area contributed by atoms with Gasteiger partial charge in [0.1, 0.15) is 12.3 Å². The third kappa shape index (κ3) is 5.83. The molecule has 1 heterocycles. The van der Waals surface area contributed by atoms with Gasteiger partial charge in [0, 0.05) is 31.3 Å². The van der Waals surface area contributed by atoms with Crippen LogP contribution in [0.15, 0.2) is 45.6 Å². The van der Waals surface area contributed by atoms with Crippen LogP contribution >= 0.6 is 11.3 Å². The number of sulfonamides is 1. The van der Waals surface area contributed by atoms with Crippen LogP contribution in [0.1, 0.15) is 18.4 Å². The van der Waals surface area contributed by atoms with E-state index in [-0.39, 0.29) is 33.5 Å². The van der Waals surface area contributed by atoms with Gasteiger partial charge in [-0.1, -0.05) is 18.2 Å². The number of alkyl halides is 2. The van der Waals surface area contributed by atoms with E-state index in [0.717, 1.165) is 21.9 Å². The highest BCUT2D eigenvalue weighted by molar-refractivity contribution is 7.90. The molecule has 0 radical (unpaired) electrons. The second kappa shape index (κ2) is 9.57. The summed E-state index contributed by atoms with van der Waals surface area (Å²) in [6.45, 7) is 0. The van der Waals surface area contributed by atoms with Crippen LogP contribution in [0.2, 0.25) is 0 Å². The zero-order valence-electron chi connectivity index (χ0n) is 18.0. The number of allylic oxidation sites excluding steroid dienone is 1. The number of hydrogen-bond donors (Lipinski definition) is 1. The third-order valence-corrected chi connectivity index (χ3v) is 8.87. The standard InChI is InChI=1S/C20H23F2N3O5S3/c1-25(2)33(29,30)18-11-31-20(23-18)24-19(26)15(8-12-9-16(21)17(22)10-12)13-4-6-14(7-5-13)32(3,27)28/h4-8,11-12,16-17H,9-10H2,1-3H3,(H,23,24,26)/b15-8+/t12?,16-,17+. The van der Waals surface area contributed by atoms with Gasteiger partial charge in [-0.2, -0.15) is 0 Å². The highest BCUT2D eigenvalue weighted by Crippen LogP contribution is 2.34. The van der Waals surface area contributed by atoms with Crippen molar-refractivity contribution in [2.45, 2.75) is 35.1 Å². The summed E-state index contributed by atoms with van der Waals surface area (Å²) in [7, 11) is -4.54. The van der Waals surface area contributed by atoms with E-state index in [1.807, 2.05) is 0 Å². The van der Waals surface area contributed by atoms with Crippen molar-refractivity contribution >= 4 is 47.8 Å². The van der Waals surface area contributed by atoms with E-state index in [9.17, 15) is 30.4 Å². The fourth-order valence-electron chi connectivity index (χ4n) is 3.31. The Morgan fingerprint density at radius 2 is 1.70 bits per heavy atom. The Kier molecular flexibility index (Phi) is 7.36. The van der Waals surface area contributed by atoms with Crippen molar-refractivity contribution in [3.8, 4) is 0 Å². The topological polar surface area (TPSA) is 114 Å². The van der Waals surface area contributed by atoms with Gasteiger partial charge in [-0.25, -0.2) is 34.9 Å². The number of rotatable bonds is 7. The lowest BCUT2D eigenvalue weighted by atomic mass is 9.98. The van der Waals surface area contributed by atoms with Crippen molar-refractivity contribution in [2.75, 3.05) is 25.7 Å². The number of sulfone groups is 1. The molecular formula is C20H23F2N3O5S3. The van der Waals surface area contributed by atoms with Gasteiger partial charge in [0.2, 0.25) is 0 Å².